The third-order valence-corrected chi connectivity index (χ3v) is 6.08. The van der Waals surface area contributed by atoms with Gasteiger partial charge in [0.25, 0.3) is 0 Å². The lowest BCUT2D eigenvalue weighted by atomic mass is 10.1. The van der Waals surface area contributed by atoms with Crippen LogP contribution in [0.5, 0.6) is 0 Å². The average molecular weight is 346 g/mol. The van der Waals surface area contributed by atoms with Crippen LogP contribution in [0.2, 0.25) is 0 Å². The average Bonchev–Trinajstić information content (AvgIpc) is 2.58. The number of carbonyl (C=O) groups excluding carboxylic acids is 1. The Hall–Kier alpha value is -1.92. The standard InChI is InChI=1S/C18H22N2O3S/c1-2-20(17-9-5-7-15-6-3-4-8-16(15)17)18(21)14-19-10-12-24(22,23)13-11-19/h3-9H,2,10-14H2,1H3. The summed E-state index contributed by atoms with van der Waals surface area (Å²) in [5, 5.41) is 2.15. The molecule has 0 spiro atoms. The lowest BCUT2D eigenvalue weighted by Crippen LogP contribution is -2.46. The summed E-state index contributed by atoms with van der Waals surface area (Å²) in [7, 11) is -2.92. The summed E-state index contributed by atoms with van der Waals surface area (Å²) in [6.07, 6.45) is 0. The van der Waals surface area contributed by atoms with E-state index in [0.29, 0.717) is 19.6 Å². The highest BCUT2D eigenvalue weighted by atomic mass is 32.2. The second kappa shape index (κ2) is 6.91. The van der Waals surface area contributed by atoms with E-state index in [2.05, 4.69) is 0 Å². The zero-order chi connectivity index (χ0) is 17.2. The number of benzene rings is 2. The summed E-state index contributed by atoms with van der Waals surface area (Å²) in [6.45, 7) is 3.66. The summed E-state index contributed by atoms with van der Waals surface area (Å²) < 4.78 is 23.0. The van der Waals surface area contributed by atoms with Crippen molar-refractivity contribution in [2.75, 3.05) is 42.6 Å². The minimum absolute atomic E-state index is 0.00755. The molecular weight excluding hydrogens is 324 g/mol. The monoisotopic (exact) mass is 346 g/mol. The van der Waals surface area contributed by atoms with E-state index in [0.717, 1.165) is 16.5 Å². The highest BCUT2D eigenvalue weighted by Crippen LogP contribution is 2.26. The van der Waals surface area contributed by atoms with Gasteiger partial charge in [-0.15, -0.1) is 0 Å². The second-order valence-electron chi connectivity index (χ2n) is 6.06. The van der Waals surface area contributed by atoms with Crippen LogP contribution >= 0.6 is 0 Å². The number of rotatable bonds is 4. The van der Waals surface area contributed by atoms with E-state index in [1.165, 1.54) is 0 Å². The first-order valence-corrected chi connectivity index (χ1v) is 10.0. The number of nitrogens with zero attached hydrogens (tertiary/aromatic N) is 2. The molecule has 1 aliphatic rings. The number of hydrogen-bond acceptors (Lipinski definition) is 4. The Morgan fingerprint density at radius 2 is 1.75 bits per heavy atom. The highest BCUT2D eigenvalue weighted by molar-refractivity contribution is 7.91. The number of carbonyl (C=O) groups is 1. The Labute approximate surface area is 142 Å². The molecule has 128 valence electrons. The predicted octanol–water partition coefficient (Wildman–Crippen LogP) is 1.92. The SMILES string of the molecule is CCN(C(=O)CN1CCS(=O)(=O)CC1)c1cccc2ccccc12. The maximum atomic E-state index is 12.8. The summed E-state index contributed by atoms with van der Waals surface area (Å²) in [6, 6.07) is 14.0. The molecule has 24 heavy (non-hydrogen) atoms. The molecule has 0 atom stereocenters. The summed E-state index contributed by atoms with van der Waals surface area (Å²) >= 11 is 0. The molecule has 3 rings (SSSR count). The first-order valence-electron chi connectivity index (χ1n) is 8.21. The first-order chi connectivity index (χ1) is 11.5. The molecule has 1 saturated heterocycles. The van der Waals surface area contributed by atoms with Crippen molar-refractivity contribution in [3.05, 3.63) is 42.5 Å². The maximum absolute atomic E-state index is 12.8. The van der Waals surface area contributed by atoms with Gasteiger partial charge in [-0.3, -0.25) is 9.69 Å². The second-order valence-corrected chi connectivity index (χ2v) is 8.37. The first kappa shape index (κ1) is 16.9. The number of hydrogen-bond donors (Lipinski definition) is 0. The van der Waals surface area contributed by atoms with Gasteiger partial charge in [0.1, 0.15) is 0 Å². The van der Waals surface area contributed by atoms with Crippen molar-refractivity contribution in [1.82, 2.24) is 4.90 Å². The summed E-state index contributed by atoms with van der Waals surface area (Å²) in [5.74, 6) is 0.287. The number of anilines is 1. The molecule has 0 saturated carbocycles. The van der Waals surface area contributed by atoms with Crippen LogP contribution < -0.4 is 4.90 Å². The smallest absolute Gasteiger partial charge is 0.241 e. The van der Waals surface area contributed by atoms with Crippen molar-refractivity contribution < 1.29 is 13.2 Å². The highest BCUT2D eigenvalue weighted by Gasteiger charge is 2.25. The third-order valence-electron chi connectivity index (χ3n) is 4.47. The molecule has 1 aliphatic heterocycles. The number of fused-ring (bicyclic) bond motifs is 1. The van der Waals surface area contributed by atoms with E-state index in [-0.39, 0.29) is 24.0 Å². The van der Waals surface area contributed by atoms with E-state index >= 15 is 0 Å². The Balaban J connectivity index is 1.79. The van der Waals surface area contributed by atoms with Crippen molar-refractivity contribution in [2.24, 2.45) is 0 Å². The summed E-state index contributed by atoms with van der Waals surface area (Å²) in [5.41, 5.74) is 0.908. The molecule has 0 aliphatic carbocycles. The Morgan fingerprint density at radius 1 is 1.08 bits per heavy atom. The minimum Gasteiger partial charge on any atom is -0.311 e. The van der Waals surface area contributed by atoms with Crippen LogP contribution in [-0.2, 0) is 14.6 Å². The van der Waals surface area contributed by atoms with Crippen LogP contribution in [0.4, 0.5) is 5.69 Å². The molecule has 1 amide bonds. The fraction of sp³-hybridized carbons (Fsp3) is 0.389. The van der Waals surface area contributed by atoms with Gasteiger partial charge in [0.2, 0.25) is 5.91 Å². The zero-order valence-electron chi connectivity index (χ0n) is 13.8. The fourth-order valence-corrected chi connectivity index (χ4v) is 4.39. The molecule has 1 heterocycles. The molecule has 0 aromatic heterocycles. The van der Waals surface area contributed by atoms with Crippen molar-refractivity contribution in [3.63, 3.8) is 0 Å². The molecule has 2 aromatic rings. The van der Waals surface area contributed by atoms with Crippen LogP contribution in [0, 0.1) is 0 Å². The molecule has 0 radical (unpaired) electrons. The van der Waals surface area contributed by atoms with Gasteiger partial charge < -0.3 is 4.90 Å². The van der Waals surface area contributed by atoms with Gasteiger partial charge in [0.15, 0.2) is 9.84 Å². The summed E-state index contributed by atoms with van der Waals surface area (Å²) in [4.78, 5) is 16.5. The molecule has 0 bridgehead atoms. The molecule has 6 heteroatoms. The van der Waals surface area contributed by atoms with Gasteiger partial charge in [-0.05, 0) is 18.4 Å². The number of likely N-dealkylation sites (N-methyl/N-ethyl adjacent to an activating group) is 1. The molecule has 5 nitrogen and oxygen atoms in total. The van der Waals surface area contributed by atoms with E-state index in [4.69, 9.17) is 0 Å². The van der Waals surface area contributed by atoms with Gasteiger partial charge in [-0.1, -0.05) is 36.4 Å². The van der Waals surface area contributed by atoms with Gasteiger partial charge >= 0.3 is 0 Å². The number of sulfone groups is 1. The van der Waals surface area contributed by atoms with Crippen LogP contribution in [0.15, 0.2) is 42.5 Å². The van der Waals surface area contributed by atoms with Gasteiger partial charge in [-0.2, -0.15) is 0 Å². The molecule has 1 fully saturated rings. The molecular formula is C18H22N2O3S. The van der Waals surface area contributed by atoms with Crippen molar-refractivity contribution >= 4 is 32.2 Å². The van der Waals surface area contributed by atoms with E-state index in [9.17, 15) is 13.2 Å². The van der Waals surface area contributed by atoms with E-state index in [1.807, 2.05) is 54.3 Å². The lowest BCUT2D eigenvalue weighted by Gasteiger charge is -2.29. The van der Waals surface area contributed by atoms with Crippen molar-refractivity contribution in [3.8, 4) is 0 Å². The van der Waals surface area contributed by atoms with Gasteiger partial charge in [0, 0.05) is 25.0 Å². The predicted molar refractivity (Wildman–Crippen MR) is 97.1 cm³/mol. The fourth-order valence-electron chi connectivity index (χ4n) is 3.11. The maximum Gasteiger partial charge on any atom is 0.241 e. The van der Waals surface area contributed by atoms with Crippen LogP contribution in [0.1, 0.15) is 6.92 Å². The topological polar surface area (TPSA) is 57.7 Å². The zero-order valence-corrected chi connectivity index (χ0v) is 14.6. The minimum atomic E-state index is -2.92. The van der Waals surface area contributed by atoms with Crippen molar-refractivity contribution in [2.45, 2.75) is 6.92 Å². The molecule has 2 aromatic carbocycles. The largest absolute Gasteiger partial charge is 0.311 e. The van der Waals surface area contributed by atoms with E-state index < -0.39 is 9.84 Å². The molecule has 0 unspecified atom stereocenters. The van der Waals surface area contributed by atoms with E-state index in [1.54, 1.807) is 4.90 Å². The van der Waals surface area contributed by atoms with Gasteiger partial charge in [-0.25, -0.2) is 8.42 Å². The quantitative estimate of drug-likeness (QED) is 0.849. The van der Waals surface area contributed by atoms with Crippen molar-refractivity contribution in [1.29, 1.82) is 0 Å². The lowest BCUT2D eigenvalue weighted by molar-refractivity contribution is -0.119. The van der Waals surface area contributed by atoms with Crippen LogP contribution in [0.25, 0.3) is 10.8 Å². The van der Waals surface area contributed by atoms with Crippen LogP contribution in [-0.4, -0.2) is 56.9 Å². The Morgan fingerprint density at radius 3 is 2.46 bits per heavy atom. The normalized spacial score (nSPS) is 17.7. The van der Waals surface area contributed by atoms with Gasteiger partial charge in [0.05, 0.1) is 23.7 Å². The Bertz CT molecular complexity index is 829. The third kappa shape index (κ3) is 3.60. The number of amides is 1. The Kier molecular flexibility index (Phi) is 4.87. The molecule has 0 N–H and O–H groups in total. The van der Waals surface area contributed by atoms with Crippen LogP contribution in [0.3, 0.4) is 0 Å².